The maximum atomic E-state index is 11.1. The number of hydrogen-bond acceptors (Lipinski definition) is 3. The van der Waals surface area contributed by atoms with Crippen LogP contribution in [0.3, 0.4) is 0 Å². The van der Waals surface area contributed by atoms with Crippen molar-refractivity contribution in [3.63, 3.8) is 0 Å². The van der Waals surface area contributed by atoms with E-state index in [1.165, 1.54) is 6.07 Å². The molecule has 4 nitrogen and oxygen atoms in total. The fourth-order valence-electron chi connectivity index (χ4n) is 2.92. The number of nitrogens with zero attached hydrogens (tertiary/aromatic N) is 2. The lowest BCUT2D eigenvalue weighted by Crippen LogP contribution is -2.18. The maximum absolute atomic E-state index is 11.1. The van der Waals surface area contributed by atoms with Crippen molar-refractivity contribution in [1.29, 1.82) is 5.26 Å². The summed E-state index contributed by atoms with van der Waals surface area (Å²) in [6.07, 6.45) is 3.06. The summed E-state index contributed by atoms with van der Waals surface area (Å²) in [6.45, 7) is 2.12. The van der Waals surface area contributed by atoms with Crippen LogP contribution >= 0.6 is 11.6 Å². The highest BCUT2D eigenvalue weighted by Crippen LogP contribution is 2.44. The van der Waals surface area contributed by atoms with Crippen LogP contribution in [-0.2, 0) is 6.42 Å². The molecule has 0 amide bonds. The fraction of sp³-hybridized carbons (Fsp3) is 0.500. The first kappa shape index (κ1) is 13.8. The lowest BCUT2D eigenvalue weighted by molar-refractivity contribution is -0.385. The van der Waals surface area contributed by atoms with E-state index in [0.29, 0.717) is 22.9 Å². The van der Waals surface area contributed by atoms with Gasteiger partial charge in [0.15, 0.2) is 0 Å². The third-order valence-corrected chi connectivity index (χ3v) is 4.10. The van der Waals surface area contributed by atoms with Gasteiger partial charge in [0, 0.05) is 16.7 Å². The minimum absolute atomic E-state index is 0.0154. The monoisotopic (exact) mass is 278 g/mol. The van der Waals surface area contributed by atoms with E-state index in [9.17, 15) is 15.4 Å². The van der Waals surface area contributed by atoms with Crippen LogP contribution in [0.4, 0.5) is 5.69 Å². The molecular weight excluding hydrogens is 264 g/mol. The molecule has 1 aliphatic carbocycles. The van der Waals surface area contributed by atoms with E-state index in [1.54, 1.807) is 12.1 Å². The minimum atomic E-state index is -0.460. The van der Waals surface area contributed by atoms with Gasteiger partial charge in [0.1, 0.15) is 0 Å². The molecule has 0 radical (unpaired) electrons. The summed E-state index contributed by atoms with van der Waals surface area (Å²) in [6, 6.07) is 7.06. The largest absolute Gasteiger partial charge is 0.274 e. The second-order valence-electron chi connectivity index (χ2n) is 5.45. The topological polar surface area (TPSA) is 66.9 Å². The summed E-state index contributed by atoms with van der Waals surface area (Å²) in [5.74, 6) is 0.506. The molecule has 19 heavy (non-hydrogen) atoms. The smallest absolute Gasteiger partial charge is 0.258 e. The van der Waals surface area contributed by atoms with Gasteiger partial charge < -0.3 is 0 Å². The second-order valence-corrected chi connectivity index (χ2v) is 5.88. The van der Waals surface area contributed by atoms with E-state index in [1.807, 2.05) is 0 Å². The molecule has 100 valence electrons. The highest BCUT2D eigenvalue weighted by molar-refractivity contribution is 6.30. The van der Waals surface area contributed by atoms with E-state index in [-0.39, 0.29) is 5.69 Å². The number of rotatable bonds is 3. The number of nitro groups is 1. The zero-order chi connectivity index (χ0) is 14.0. The summed E-state index contributed by atoms with van der Waals surface area (Å²) < 4.78 is 0. The molecule has 2 atom stereocenters. The highest BCUT2D eigenvalue weighted by atomic mass is 35.5. The molecule has 0 saturated heterocycles. The number of benzene rings is 1. The lowest BCUT2D eigenvalue weighted by Gasteiger charge is -2.20. The minimum Gasteiger partial charge on any atom is -0.258 e. The van der Waals surface area contributed by atoms with Gasteiger partial charge in [-0.15, -0.1) is 0 Å². The predicted octanol–water partition coefficient (Wildman–Crippen LogP) is 4.12. The number of nitriles is 1. The van der Waals surface area contributed by atoms with Crippen molar-refractivity contribution < 1.29 is 4.92 Å². The highest BCUT2D eigenvalue weighted by Gasteiger charge is 2.39. The Bertz CT molecular complexity index is 553. The summed E-state index contributed by atoms with van der Waals surface area (Å²) in [5, 5.41) is 20.9. The molecule has 1 aliphatic rings. The quantitative estimate of drug-likeness (QED) is 0.617. The average Bonchev–Trinajstić information content (AvgIpc) is 2.73. The van der Waals surface area contributed by atoms with E-state index in [2.05, 4.69) is 13.0 Å². The summed E-state index contributed by atoms with van der Waals surface area (Å²) in [7, 11) is 0. The summed E-state index contributed by atoms with van der Waals surface area (Å²) in [5.41, 5.74) is 0.157. The Hall–Kier alpha value is -1.60. The molecule has 5 heteroatoms. The van der Waals surface area contributed by atoms with Gasteiger partial charge in [-0.1, -0.05) is 24.6 Å². The Balaban J connectivity index is 2.33. The van der Waals surface area contributed by atoms with Crippen LogP contribution < -0.4 is 0 Å². The Morgan fingerprint density at radius 2 is 2.37 bits per heavy atom. The summed E-state index contributed by atoms with van der Waals surface area (Å²) in [4.78, 5) is 10.6. The van der Waals surface area contributed by atoms with Crippen molar-refractivity contribution in [3.05, 3.63) is 38.9 Å². The standard InChI is InChI=1S/C14H15ClN2O2/c1-10-4-5-14(7-10,9-16)8-11-2-3-12(15)6-13(11)17(18)19/h2-3,6,10H,4-5,7-8H2,1H3. The van der Waals surface area contributed by atoms with E-state index >= 15 is 0 Å². The molecule has 1 aromatic carbocycles. The SMILES string of the molecule is CC1CCC(C#N)(Cc2ccc(Cl)cc2[N+](=O)[O-])C1. The predicted molar refractivity (Wildman–Crippen MR) is 72.9 cm³/mol. The maximum Gasteiger partial charge on any atom is 0.274 e. The normalized spacial score (nSPS) is 26.1. The average molecular weight is 279 g/mol. The van der Waals surface area contributed by atoms with Gasteiger partial charge in [0.05, 0.1) is 16.4 Å². The van der Waals surface area contributed by atoms with Crippen LogP contribution in [0, 0.1) is 32.8 Å². The molecule has 0 aliphatic heterocycles. The molecule has 0 bridgehead atoms. The zero-order valence-corrected chi connectivity index (χ0v) is 11.5. The molecule has 2 rings (SSSR count). The molecule has 0 spiro atoms. The van der Waals surface area contributed by atoms with Crippen LogP contribution in [-0.4, -0.2) is 4.92 Å². The van der Waals surface area contributed by atoms with E-state index < -0.39 is 10.3 Å². The van der Waals surface area contributed by atoms with Crippen molar-refractivity contribution in [3.8, 4) is 6.07 Å². The van der Waals surface area contributed by atoms with Gasteiger partial charge in [-0.05, 0) is 37.7 Å². The molecule has 0 N–H and O–H groups in total. The number of halogens is 1. The van der Waals surface area contributed by atoms with Crippen molar-refractivity contribution in [2.45, 2.75) is 32.6 Å². The van der Waals surface area contributed by atoms with Crippen LogP contribution in [0.1, 0.15) is 31.7 Å². The van der Waals surface area contributed by atoms with Gasteiger partial charge in [0.25, 0.3) is 5.69 Å². The molecular formula is C14H15ClN2O2. The number of nitro benzene ring substituents is 1. The first-order valence-electron chi connectivity index (χ1n) is 6.30. The van der Waals surface area contributed by atoms with Crippen molar-refractivity contribution in [2.24, 2.45) is 11.3 Å². The third kappa shape index (κ3) is 2.87. The van der Waals surface area contributed by atoms with Gasteiger partial charge in [-0.3, -0.25) is 10.1 Å². The van der Waals surface area contributed by atoms with Crippen LogP contribution in [0.25, 0.3) is 0 Å². The summed E-state index contributed by atoms with van der Waals surface area (Å²) >= 11 is 5.80. The van der Waals surface area contributed by atoms with Crippen LogP contribution in [0.5, 0.6) is 0 Å². The Morgan fingerprint density at radius 3 is 2.89 bits per heavy atom. The fourth-order valence-corrected chi connectivity index (χ4v) is 3.08. The van der Waals surface area contributed by atoms with Crippen LogP contribution in [0.15, 0.2) is 18.2 Å². The Morgan fingerprint density at radius 1 is 1.63 bits per heavy atom. The first-order valence-corrected chi connectivity index (χ1v) is 6.68. The second kappa shape index (κ2) is 5.18. The number of hydrogen-bond donors (Lipinski definition) is 0. The van der Waals surface area contributed by atoms with Crippen molar-refractivity contribution >= 4 is 17.3 Å². The molecule has 0 heterocycles. The third-order valence-electron chi connectivity index (χ3n) is 3.86. The molecule has 1 fully saturated rings. The molecule has 0 aromatic heterocycles. The molecule has 1 saturated carbocycles. The van der Waals surface area contributed by atoms with Crippen molar-refractivity contribution in [1.82, 2.24) is 0 Å². The van der Waals surface area contributed by atoms with Crippen LogP contribution in [0.2, 0.25) is 5.02 Å². The zero-order valence-electron chi connectivity index (χ0n) is 10.7. The Kier molecular flexibility index (Phi) is 3.77. The molecule has 1 aromatic rings. The van der Waals surface area contributed by atoms with E-state index in [4.69, 9.17) is 11.6 Å². The molecule has 2 unspecified atom stereocenters. The van der Waals surface area contributed by atoms with Gasteiger partial charge in [-0.25, -0.2) is 0 Å². The van der Waals surface area contributed by atoms with Gasteiger partial charge in [-0.2, -0.15) is 5.26 Å². The van der Waals surface area contributed by atoms with E-state index in [0.717, 1.165) is 19.3 Å². The van der Waals surface area contributed by atoms with Gasteiger partial charge in [0.2, 0.25) is 0 Å². The first-order chi connectivity index (χ1) is 8.96. The van der Waals surface area contributed by atoms with Crippen molar-refractivity contribution in [2.75, 3.05) is 0 Å². The Labute approximate surface area is 117 Å². The van der Waals surface area contributed by atoms with Gasteiger partial charge >= 0.3 is 0 Å². The lowest BCUT2D eigenvalue weighted by atomic mass is 9.80.